The molecule has 0 aliphatic rings. The third kappa shape index (κ3) is 6.38. The quantitative estimate of drug-likeness (QED) is 0.713. The van der Waals surface area contributed by atoms with Crippen LogP contribution < -0.4 is 5.32 Å². The number of aliphatic hydroxyl groups excluding tert-OH is 1. The van der Waals surface area contributed by atoms with Crippen LogP contribution in [0.3, 0.4) is 0 Å². The fourth-order valence-electron chi connectivity index (χ4n) is 2.40. The summed E-state index contributed by atoms with van der Waals surface area (Å²) in [5, 5.41) is 13.5. The molecule has 1 atom stereocenters. The summed E-state index contributed by atoms with van der Waals surface area (Å²) in [6.07, 6.45) is 0.340. The van der Waals surface area contributed by atoms with E-state index < -0.39 is 6.10 Å². The van der Waals surface area contributed by atoms with Crippen LogP contribution >= 0.6 is 11.8 Å². The maximum atomic E-state index is 12.0. The van der Waals surface area contributed by atoms with Gasteiger partial charge in [-0.1, -0.05) is 56.3 Å². The molecule has 2 rings (SSSR count). The number of benzene rings is 2. The zero-order valence-electron chi connectivity index (χ0n) is 14.2. The number of amides is 1. The van der Waals surface area contributed by atoms with Crippen LogP contribution in [0.5, 0.6) is 0 Å². The number of rotatable bonds is 8. The Labute approximate surface area is 148 Å². The fourth-order valence-corrected chi connectivity index (χ4v) is 3.23. The number of aliphatic hydroxyl groups is 1. The predicted octanol–water partition coefficient (Wildman–Crippen LogP) is 3.97. The minimum atomic E-state index is -0.543. The van der Waals surface area contributed by atoms with E-state index in [1.54, 1.807) is 0 Å². The first-order valence-corrected chi connectivity index (χ1v) is 9.18. The lowest BCUT2D eigenvalue weighted by Gasteiger charge is -2.12. The van der Waals surface area contributed by atoms with Crippen molar-refractivity contribution in [3.8, 4) is 0 Å². The number of carbonyl (C=O) groups excluding carboxylic acids is 1. The molecular weight excluding hydrogens is 318 g/mol. The Morgan fingerprint density at radius 3 is 2.38 bits per heavy atom. The molecule has 2 aromatic rings. The van der Waals surface area contributed by atoms with Crippen LogP contribution in [0.4, 0.5) is 0 Å². The molecule has 128 valence electrons. The Morgan fingerprint density at radius 1 is 1.08 bits per heavy atom. The Balaban J connectivity index is 1.73. The van der Waals surface area contributed by atoms with Crippen molar-refractivity contribution in [2.75, 3.05) is 6.54 Å². The van der Waals surface area contributed by atoms with E-state index in [0.717, 1.165) is 11.1 Å². The summed E-state index contributed by atoms with van der Waals surface area (Å²) in [5.41, 5.74) is 1.88. The number of nitrogens with one attached hydrogen (secondary N) is 1. The van der Waals surface area contributed by atoms with E-state index in [0.29, 0.717) is 24.6 Å². The van der Waals surface area contributed by atoms with Crippen molar-refractivity contribution in [2.45, 2.75) is 42.9 Å². The second-order valence-corrected chi connectivity index (χ2v) is 7.70. The molecule has 4 heteroatoms. The van der Waals surface area contributed by atoms with Crippen molar-refractivity contribution in [2.24, 2.45) is 0 Å². The van der Waals surface area contributed by atoms with E-state index in [4.69, 9.17) is 0 Å². The maximum Gasteiger partial charge on any atom is 0.224 e. The first-order valence-electron chi connectivity index (χ1n) is 8.30. The standard InChI is InChI=1S/C20H25NO2S/c1-15(2)24-18-10-8-16(9-11-18)14-20(23)21-13-12-19(22)17-6-4-3-5-7-17/h3-11,15,19,22H,12-14H2,1-2H3,(H,21,23). The van der Waals surface area contributed by atoms with E-state index in [1.807, 2.05) is 54.2 Å². The lowest BCUT2D eigenvalue weighted by atomic mass is 10.1. The Morgan fingerprint density at radius 2 is 1.75 bits per heavy atom. The number of hydrogen-bond acceptors (Lipinski definition) is 3. The maximum absolute atomic E-state index is 12.0. The van der Waals surface area contributed by atoms with Crippen LogP contribution in [0.2, 0.25) is 0 Å². The SMILES string of the molecule is CC(C)Sc1ccc(CC(=O)NCCC(O)c2ccccc2)cc1. The van der Waals surface area contributed by atoms with Gasteiger partial charge in [-0.15, -0.1) is 11.8 Å². The summed E-state index contributed by atoms with van der Waals surface area (Å²) in [7, 11) is 0. The highest BCUT2D eigenvalue weighted by Gasteiger charge is 2.08. The summed E-state index contributed by atoms with van der Waals surface area (Å²) in [4.78, 5) is 13.2. The molecule has 0 aliphatic heterocycles. The average Bonchev–Trinajstić information content (AvgIpc) is 2.57. The zero-order chi connectivity index (χ0) is 17.4. The van der Waals surface area contributed by atoms with Crippen molar-refractivity contribution < 1.29 is 9.90 Å². The average molecular weight is 343 g/mol. The van der Waals surface area contributed by atoms with Gasteiger partial charge in [0, 0.05) is 16.7 Å². The molecule has 2 N–H and O–H groups in total. The molecule has 1 unspecified atom stereocenters. The van der Waals surface area contributed by atoms with E-state index in [-0.39, 0.29) is 5.91 Å². The van der Waals surface area contributed by atoms with E-state index in [2.05, 4.69) is 31.3 Å². The highest BCUT2D eigenvalue weighted by Crippen LogP contribution is 2.23. The Kier molecular flexibility index (Phi) is 7.35. The molecule has 0 spiro atoms. The lowest BCUT2D eigenvalue weighted by molar-refractivity contribution is -0.120. The van der Waals surface area contributed by atoms with E-state index >= 15 is 0 Å². The fraction of sp³-hybridized carbons (Fsp3) is 0.350. The van der Waals surface area contributed by atoms with Gasteiger partial charge in [0.05, 0.1) is 12.5 Å². The first-order chi connectivity index (χ1) is 11.5. The van der Waals surface area contributed by atoms with Crippen molar-refractivity contribution >= 4 is 17.7 Å². The molecule has 0 saturated heterocycles. The largest absolute Gasteiger partial charge is 0.388 e. The molecule has 0 aromatic heterocycles. The summed E-state index contributed by atoms with van der Waals surface area (Å²) in [6.45, 7) is 4.79. The minimum Gasteiger partial charge on any atom is -0.388 e. The van der Waals surface area contributed by atoms with Gasteiger partial charge < -0.3 is 10.4 Å². The van der Waals surface area contributed by atoms with Gasteiger partial charge in [0.15, 0.2) is 0 Å². The van der Waals surface area contributed by atoms with Gasteiger partial charge >= 0.3 is 0 Å². The van der Waals surface area contributed by atoms with E-state index in [1.165, 1.54) is 4.90 Å². The summed E-state index contributed by atoms with van der Waals surface area (Å²) in [5.74, 6) is -0.0143. The van der Waals surface area contributed by atoms with Gasteiger partial charge in [-0.2, -0.15) is 0 Å². The number of carbonyl (C=O) groups is 1. The molecule has 24 heavy (non-hydrogen) atoms. The van der Waals surface area contributed by atoms with Gasteiger partial charge in [-0.3, -0.25) is 4.79 Å². The van der Waals surface area contributed by atoms with Crippen LogP contribution in [0.1, 0.15) is 37.5 Å². The second-order valence-electron chi connectivity index (χ2n) is 6.05. The Hall–Kier alpha value is -1.78. The highest BCUT2D eigenvalue weighted by molar-refractivity contribution is 7.99. The number of hydrogen-bond donors (Lipinski definition) is 2. The van der Waals surface area contributed by atoms with Crippen LogP contribution in [0.15, 0.2) is 59.5 Å². The van der Waals surface area contributed by atoms with Gasteiger partial charge in [-0.25, -0.2) is 0 Å². The summed E-state index contributed by atoms with van der Waals surface area (Å²) >= 11 is 1.81. The molecule has 0 heterocycles. The molecule has 0 aliphatic carbocycles. The Bertz CT molecular complexity index is 626. The molecule has 0 saturated carbocycles. The lowest BCUT2D eigenvalue weighted by Crippen LogP contribution is -2.27. The molecular formula is C20H25NO2S. The topological polar surface area (TPSA) is 49.3 Å². The van der Waals surface area contributed by atoms with Crippen LogP contribution in [0, 0.1) is 0 Å². The van der Waals surface area contributed by atoms with Crippen molar-refractivity contribution in [1.29, 1.82) is 0 Å². The van der Waals surface area contributed by atoms with E-state index in [9.17, 15) is 9.90 Å². The molecule has 1 amide bonds. The van der Waals surface area contributed by atoms with Gasteiger partial charge in [0.1, 0.15) is 0 Å². The van der Waals surface area contributed by atoms with Crippen LogP contribution in [-0.2, 0) is 11.2 Å². The second kappa shape index (κ2) is 9.50. The summed E-state index contributed by atoms with van der Waals surface area (Å²) < 4.78 is 0. The van der Waals surface area contributed by atoms with Crippen molar-refractivity contribution in [3.05, 3.63) is 65.7 Å². The van der Waals surface area contributed by atoms with Gasteiger partial charge in [-0.05, 0) is 29.7 Å². The molecule has 0 fully saturated rings. The van der Waals surface area contributed by atoms with Crippen LogP contribution in [-0.4, -0.2) is 22.8 Å². The molecule has 2 aromatic carbocycles. The highest BCUT2D eigenvalue weighted by atomic mass is 32.2. The van der Waals surface area contributed by atoms with Crippen molar-refractivity contribution in [3.63, 3.8) is 0 Å². The van der Waals surface area contributed by atoms with Crippen molar-refractivity contribution in [1.82, 2.24) is 5.32 Å². The smallest absolute Gasteiger partial charge is 0.224 e. The molecule has 0 radical (unpaired) electrons. The zero-order valence-corrected chi connectivity index (χ0v) is 15.1. The monoisotopic (exact) mass is 343 g/mol. The molecule has 3 nitrogen and oxygen atoms in total. The van der Waals surface area contributed by atoms with Crippen LogP contribution in [0.25, 0.3) is 0 Å². The third-order valence-electron chi connectivity index (χ3n) is 3.58. The number of thioether (sulfide) groups is 1. The first kappa shape index (κ1) is 18.6. The molecule has 0 bridgehead atoms. The predicted molar refractivity (Wildman–Crippen MR) is 100 cm³/mol. The van der Waals surface area contributed by atoms with Gasteiger partial charge in [0.25, 0.3) is 0 Å². The minimum absolute atomic E-state index is 0.0143. The third-order valence-corrected chi connectivity index (χ3v) is 4.60. The van der Waals surface area contributed by atoms with Gasteiger partial charge in [0.2, 0.25) is 5.91 Å². The normalized spacial score (nSPS) is 12.2. The summed E-state index contributed by atoms with van der Waals surface area (Å²) in [6, 6.07) is 17.6.